The third-order valence-electron chi connectivity index (χ3n) is 4.13. The van der Waals surface area contributed by atoms with E-state index in [2.05, 4.69) is 0 Å². The van der Waals surface area contributed by atoms with E-state index >= 15 is 0 Å². The SMILES string of the molecule is Cc1ccc(B2OC(C)(C)C(C)(C)O2)cc1SCC(F)(F)F. The van der Waals surface area contributed by atoms with Gasteiger partial charge in [0.15, 0.2) is 0 Å². The summed E-state index contributed by atoms with van der Waals surface area (Å²) in [5.41, 5.74) is 0.618. The molecule has 22 heavy (non-hydrogen) atoms. The highest BCUT2D eigenvalue weighted by atomic mass is 32.2. The average Bonchev–Trinajstić information content (AvgIpc) is 2.56. The Bertz CT molecular complexity index is 542. The van der Waals surface area contributed by atoms with Crippen molar-refractivity contribution in [2.45, 2.75) is 56.9 Å². The van der Waals surface area contributed by atoms with Crippen LogP contribution in [0.25, 0.3) is 0 Å². The summed E-state index contributed by atoms with van der Waals surface area (Å²) in [6.07, 6.45) is -4.18. The second-order valence-corrected chi connectivity index (χ2v) is 7.53. The number of halogens is 3. The largest absolute Gasteiger partial charge is 0.494 e. The summed E-state index contributed by atoms with van der Waals surface area (Å²) in [6.45, 7) is 9.58. The second-order valence-electron chi connectivity index (χ2n) is 6.52. The molecule has 0 bridgehead atoms. The zero-order valence-electron chi connectivity index (χ0n) is 13.4. The summed E-state index contributed by atoms with van der Waals surface area (Å²) in [5, 5.41) is 0. The van der Waals surface area contributed by atoms with Crippen molar-refractivity contribution in [2.75, 3.05) is 5.75 Å². The summed E-state index contributed by atoms with van der Waals surface area (Å²) in [4.78, 5) is 0.601. The Kier molecular flexibility index (Phi) is 4.64. The van der Waals surface area contributed by atoms with Crippen LogP contribution >= 0.6 is 11.8 Å². The lowest BCUT2D eigenvalue weighted by Crippen LogP contribution is -2.41. The Hall–Kier alpha value is -0.655. The summed E-state index contributed by atoms with van der Waals surface area (Å²) in [5.74, 6) is -0.902. The zero-order chi connectivity index (χ0) is 16.8. The summed E-state index contributed by atoms with van der Waals surface area (Å²) in [6, 6.07) is 5.38. The molecule has 1 aliphatic rings. The van der Waals surface area contributed by atoms with Crippen molar-refractivity contribution in [3.8, 4) is 0 Å². The van der Waals surface area contributed by atoms with E-state index in [0.29, 0.717) is 4.90 Å². The monoisotopic (exact) mass is 332 g/mol. The van der Waals surface area contributed by atoms with Gasteiger partial charge in [-0.05, 0) is 51.7 Å². The van der Waals surface area contributed by atoms with Crippen LogP contribution in [0.3, 0.4) is 0 Å². The van der Waals surface area contributed by atoms with Gasteiger partial charge in [0.05, 0.1) is 17.0 Å². The molecule has 1 aromatic carbocycles. The molecule has 0 radical (unpaired) electrons. The fraction of sp³-hybridized carbons (Fsp3) is 0.600. The number of hydrogen-bond donors (Lipinski definition) is 0. The normalized spacial score (nSPS) is 20.5. The van der Waals surface area contributed by atoms with E-state index in [9.17, 15) is 13.2 Å². The van der Waals surface area contributed by atoms with Crippen LogP contribution < -0.4 is 5.46 Å². The number of thioether (sulfide) groups is 1. The third kappa shape index (κ3) is 3.81. The molecule has 2 nitrogen and oxygen atoms in total. The van der Waals surface area contributed by atoms with Gasteiger partial charge in [0.25, 0.3) is 0 Å². The highest BCUT2D eigenvalue weighted by molar-refractivity contribution is 7.99. The second kappa shape index (κ2) is 5.76. The van der Waals surface area contributed by atoms with Crippen LogP contribution in [-0.2, 0) is 9.31 Å². The van der Waals surface area contributed by atoms with Crippen LogP contribution in [0.1, 0.15) is 33.3 Å². The smallest absolute Gasteiger partial charge is 0.399 e. The maximum Gasteiger partial charge on any atom is 0.494 e. The number of aryl methyl sites for hydroxylation is 1. The van der Waals surface area contributed by atoms with E-state index in [4.69, 9.17) is 9.31 Å². The topological polar surface area (TPSA) is 18.5 Å². The minimum absolute atomic E-state index is 0.470. The molecule has 1 fully saturated rings. The highest BCUT2D eigenvalue weighted by Gasteiger charge is 2.51. The molecule has 1 aromatic rings. The number of hydrogen-bond acceptors (Lipinski definition) is 3. The molecule has 0 N–H and O–H groups in total. The van der Waals surface area contributed by atoms with Crippen molar-refractivity contribution in [2.24, 2.45) is 0 Å². The van der Waals surface area contributed by atoms with Gasteiger partial charge < -0.3 is 9.31 Å². The van der Waals surface area contributed by atoms with Gasteiger partial charge in [-0.2, -0.15) is 13.2 Å². The maximum absolute atomic E-state index is 12.4. The molecule has 0 unspecified atom stereocenters. The van der Waals surface area contributed by atoms with E-state index in [1.165, 1.54) is 0 Å². The lowest BCUT2D eigenvalue weighted by Gasteiger charge is -2.32. The molecule has 0 saturated carbocycles. The van der Waals surface area contributed by atoms with Gasteiger partial charge in [0.2, 0.25) is 0 Å². The van der Waals surface area contributed by atoms with Crippen LogP contribution in [0.2, 0.25) is 0 Å². The molecule has 0 atom stereocenters. The van der Waals surface area contributed by atoms with Gasteiger partial charge in [-0.3, -0.25) is 0 Å². The Balaban J connectivity index is 2.20. The first-order valence-corrected chi connectivity index (χ1v) is 8.06. The molecular weight excluding hydrogens is 312 g/mol. The average molecular weight is 332 g/mol. The molecule has 2 rings (SSSR count). The molecule has 0 aromatic heterocycles. The van der Waals surface area contributed by atoms with Gasteiger partial charge in [-0.1, -0.05) is 12.1 Å². The van der Waals surface area contributed by atoms with Gasteiger partial charge in [0.1, 0.15) is 0 Å². The summed E-state index contributed by atoms with van der Waals surface area (Å²) >= 11 is 0.791. The van der Waals surface area contributed by atoms with Crippen LogP contribution in [0, 0.1) is 6.92 Å². The maximum atomic E-state index is 12.4. The Morgan fingerprint density at radius 3 is 2.14 bits per heavy atom. The van der Waals surface area contributed by atoms with E-state index in [1.807, 2.05) is 33.8 Å². The lowest BCUT2D eigenvalue weighted by molar-refractivity contribution is -0.105. The van der Waals surface area contributed by atoms with Crippen molar-refractivity contribution in [3.63, 3.8) is 0 Å². The number of rotatable bonds is 3. The fourth-order valence-electron chi connectivity index (χ4n) is 2.06. The van der Waals surface area contributed by atoms with Gasteiger partial charge >= 0.3 is 13.3 Å². The van der Waals surface area contributed by atoms with Crippen molar-refractivity contribution in [1.29, 1.82) is 0 Å². The molecular formula is C15H20BF3O2S. The zero-order valence-corrected chi connectivity index (χ0v) is 14.2. The van der Waals surface area contributed by atoms with E-state index in [-0.39, 0.29) is 0 Å². The Morgan fingerprint density at radius 1 is 1.09 bits per heavy atom. The number of alkyl halides is 3. The van der Waals surface area contributed by atoms with Crippen molar-refractivity contribution in [3.05, 3.63) is 23.8 Å². The standard InChI is InChI=1S/C15H20BF3O2S/c1-10-6-7-11(8-12(10)22-9-15(17,18)19)16-20-13(2,3)14(4,5)21-16/h6-8H,9H2,1-5H3. The van der Waals surface area contributed by atoms with Gasteiger partial charge in [0, 0.05) is 4.90 Å². The summed E-state index contributed by atoms with van der Waals surface area (Å²) in [7, 11) is -0.559. The van der Waals surface area contributed by atoms with Gasteiger partial charge in [-0.15, -0.1) is 11.8 Å². The Morgan fingerprint density at radius 2 is 1.64 bits per heavy atom. The first-order chi connectivity index (χ1) is 9.91. The minimum Gasteiger partial charge on any atom is -0.399 e. The molecule has 1 aliphatic heterocycles. The van der Waals surface area contributed by atoms with Crippen molar-refractivity contribution in [1.82, 2.24) is 0 Å². The molecule has 0 spiro atoms. The lowest BCUT2D eigenvalue weighted by atomic mass is 9.79. The van der Waals surface area contributed by atoms with Crippen LogP contribution in [0.4, 0.5) is 13.2 Å². The first-order valence-electron chi connectivity index (χ1n) is 7.07. The molecule has 0 aliphatic carbocycles. The Labute approximate surface area is 133 Å². The van der Waals surface area contributed by atoms with E-state index in [0.717, 1.165) is 22.8 Å². The number of benzene rings is 1. The minimum atomic E-state index is -4.18. The van der Waals surface area contributed by atoms with Gasteiger partial charge in [-0.25, -0.2) is 0 Å². The predicted octanol–water partition coefficient (Wildman–Crippen LogP) is 3.95. The molecule has 7 heteroatoms. The third-order valence-corrected chi connectivity index (χ3v) is 5.35. The molecule has 122 valence electrons. The fourth-order valence-corrected chi connectivity index (χ4v) is 2.89. The van der Waals surface area contributed by atoms with Crippen LogP contribution in [0.15, 0.2) is 23.1 Å². The first kappa shape index (κ1) is 17.7. The summed E-state index contributed by atoms with van der Waals surface area (Å²) < 4.78 is 49.1. The predicted molar refractivity (Wildman–Crippen MR) is 83.7 cm³/mol. The highest BCUT2D eigenvalue weighted by Crippen LogP contribution is 2.37. The molecule has 0 amide bonds. The van der Waals surface area contributed by atoms with Crippen molar-refractivity contribution < 1.29 is 22.5 Å². The van der Waals surface area contributed by atoms with Crippen LogP contribution in [0.5, 0.6) is 0 Å². The van der Waals surface area contributed by atoms with E-state index in [1.54, 1.807) is 19.1 Å². The van der Waals surface area contributed by atoms with E-state index < -0.39 is 30.2 Å². The van der Waals surface area contributed by atoms with Crippen LogP contribution in [-0.4, -0.2) is 30.2 Å². The molecule has 1 heterocycles. The molecule has 1 saturated heterocycles. The van der Waals surface area contributed by atoms with Crippen molar-refractivity contribution >= 4 is 24.3 Å². The quantitative estimate of drug-likeness (QED) is 0.617.